The van der Waals surface area contributed by atoms with Crippen LogP contribution in [0.15, 0.2) is 0 Å². The van der Waals surface area contributed by atoms with Crippen molar-refractivity contribution >= 4 is 0 Å². The van der Waals surface area contributed by atoms with Crippen molar-refractivity contribution in [3.05, 3.63) is 0 Å². The first kappa shape index (κ1) is 9.88. The van der Waals surface area contributed by atoms with Gasteiger partial charge < -0.3 is 14.9 Å². The Hall–Kier alpha value is -0.120. The molecule has 0 saturated carbocycles. The Labute approximate surface area is 61.6 Å². The van der Waals surface area contributed by atoms with Crippen LogP contribution in [0.5, 0.6) is 0 Å². The molecule has 1 heterocycles. The molecule has 1 unspecified atom stereocenters. The van der Waals surface area contributed by atoms with E-state index in [1.165, 1.54) is 0 Å². The molecule has 1 aliphatic heterocycles. The summed E-state index contributed by atoms with van der Waals surface area (Å²) < 4.78 is 4.61. The molecule has 1 saturated heterocycles. The molecule has 0 aromatic carbocycles. The maximum atomic E-state index is 8.08. The smallest absolute Gasteiger partial charge is 0.104 e. The van der Waals surface area contributed by atoms with E-state index in [0.29, 0.717) is 6.61 Å². The Balaban J connectivity index is 0.000000162. The Morgan fingerprint density at radius 2 is 2.10 bits per heavy atom. The lowest BCUT2D eigenvalue weighted by atomic mass is 10.4. The predicted molar refractivity (Wildman–Crippen MR) is 38.8 cm³/mol. The van der Waals surface area contributed by atoms with Crippen LogP contribution in [0.4, 0.5) is 0 Å². The molecule has 3 heteroatoms. The molecule has 0 amide bonds. The van der Waals surface area contributed by atoms with Gasteiger partial charge >= 0.3 is 0 Å². The van der Waals surface area contributed by atoms with Gasteiger partial charge in [0, 0.05) is 6.61 Å². The van der Waals surface area contributed by atoms with E-state index in [-0.39, 0.29) is 12.7 Å². The number of hydrogen-bond donors (Lipinski definition) is 2. The van der Waals surface area contributed by atoms with Gasteiger partial charge in [-0.3, -0.25) is 0 Å². The Morgan fingerprint density at radius 3 is 2.10 bits per heavy atom. The summed E-state index contributed by atoms with van der Waals surface area (Å²) in [6.07, 6.45) is 2.23. The lowest BCUT2D eigenvalue weighted by Crippen LogP contribution is -1.88. The first-order chi connectivity index (χ1) is 4.85. The van der Waals surface area contributed by atoms with Crippen LogP contribution < -0.4 is 0 Å². The summed E-state index contributed by atoms with van der Waals surface area (Å²) in [6, 6.07) is 0. The second-order valence-electron chi connectivity index (χ2n) is 2.22. The number of unbranched alkanes of at least 4 members (excludes halogenated alkanes) is 1. The van der Waals surface area contributed by atoms with Crippen molar-refractivity contribution in [2.24, 2.45) is 0 Å². The highest BCUT2D eigenvalue weighted by molar-refractivity contribution is 4.65. The molecule has 1 aliphatic rings. The molecule has 0 spiro atoms. The molecule has 1 atom stereocenters. The van der Waals surface area contributed by atoms with E-state index in [1.54, 1.807) is 0 Å². The van der Waals surface area contributed by atoms with E-state index in [9.17, 15) is 0 Å². The lowest BCUT2D eigenvalue weighted by molar-refractivity contribution is 0.244. The third-order valence-electron chi connectivity index (χ3n) is 1.12. The van der Waals surface area contributed by atoms with E-state index in [2.05, 4.69) is 11.7 Å². The van der Waals surface area contributed by atoms with Crippen molar-refractivity contribution in [1.82, 2.24) is 0 Å². The molecule has 1 rings (SSSR count). The van der Waals surface area contributed by atoms with Crippen LogP contribution in [0.3, 0.4) is 0 Å². The van der Waals surface area contributed by atoms with Crippen molar-refractivity contribution in [3.8, 4) is 0 Å². The molecule has 0 aromatic rings. The summed E-state index contributed by atoms with van der Waals surface area (Å²) >= 11 is 0. The molecule has 0 bridgehead atoms. The van der Waals surface area contributed by atoms with Crippen LogP contribution in [0.2, 0.25) is 0 Å². The number of epoxide rings is 1. The monoisotopic (exact) mass is 148 g/mol. The Morgan fingerprint density at radius 1 is 1.50 bits per heavy atom. The van der Waals surface area contributed by atoms with E-state index < -0.39 is 0 Å². The zero-order chi connectivity index (χ0) is 7.82. The zero-order valence-electron chi connectivity index (χ0n) is 6.42. The van der Waals surface area contributed by atoms with Gasteiger partial charge in [-0.25, -0.2) is 0 Å². The summed E-state index contributed by atoms with van der Waals surface area (Å²) in [6.45, 7) is 3.35. The standard InChI is InChI=1S/C4H10O.C3H6O2/c1-2-3-4-5;4-1-3-2-5-3/h5H,2-4H2,1H3;3-4H,1-2H2. The molecule has 0 aliphatic carbocycles. The molecular formula is C7H16O3. The third-order valence-corrected chi connectivity index (χ3v) is 1.12. The highest BCUT2D eigenvalue weighted by atomic mass is 16.6. The maximum absolute atomic E-state index is 8.08. The van der Waals surface area contributed by atoms with Crippen LogP contribution in [0.1, 0.15) is 19.8 Å². The summed E-state index contributed by atoms with van der Waals surface area (Å²) in [7, 11) is 0. The number of hydrogen-bond acceptors (Lipinski definition) is 3. The molecule has 2 N–H and O–H groups in total. The minimum atomic E-state index is 0.190. The molecule has 10 heavy (non-hydrogen) atoms. The molecule has 3 nitrogen and oxygen atoms in total. The van der Waals surface area contributed by atoms with Gasteiger partial charge in [-0.1, -0.05) is 13.3 Å². The Kier molecular flexibility index (Phi) is 6.91. The van der Waals surface area contributed by atoms with Crippen LogP contribution in [-0.4, -0.2) is 36.1 Å². The van der Waals surface area contributed by atoms with Crippen LogP contribution in [0.25, 0.3) is 0 Å². The minimum Gasteiger partial charge on any atom is -0.396 e. The highest BCUT2D eigenvalue weighted by Crippen LogP contribution is 2.04. The fourth-order valence-electron chi connectivity index (χ4n) is 0.332. The van der Waals surface area contributed by atoms with Gasteiger partial charge in [-0.05, 0) is 6.42 Å². The first-order valence-electron chi connectivity index (χ1n) is 3.68. The fourth-order valence-corrected chi connectivity index (χ4v) is 0.332. The zero-order valence-corrected chi connectivity index (χ0v) is 6.42. The normalized spacial score (nSPS) is 21.3. The molecular weight excluding hydrogens is 132 g/mol. The summed E-state index contributed by atoms with van der Waals surface area (Å²) in [4.78, 5) is 0. The number of rotatable bonds is 3. The summed E-state index contributed by atoms with van der Waals surface area (Å²) in [5.74, 6) is 0. The second kappa shape index (κ2) is 6.99. The first-order valence-corrected chi connectivity index (χ1v) is 3.68. The van der Waals surface area contributed by atoms with Gasteiger partial charge in [-0.2, -0.15) is 0 Å². The predicted octanol–water partition coefficient (Wildman–Crippen LogP) is 0.156. The summed E-state index contributed by atoms with van der Waals surface area (Å²) in [5.41, 5.74) is 0. The summed E-state index contributed by atoms with van der Waals surface area (Å²) in [5, 5.41) is 16.1. The molecule has 1 fully saturated rings. The van der Waals surface area contributed by atoms with Crippen molar-refractivity contribution in [2.45, 2.75) is 25.9 Å². The van der Waals surface area contributed by atoms with Gasteiger partial charge in [0.1, 0.15) is 6.10 Å². The average Bonchev–Trinajstić information content (AvgIpc) is 2.72. The van der Waals surface area contributed by atoms with Crippen molar-refractivity contribution < 1.29 is 14.9 Å². The van der Waals surface area contributed by atoms with E-state index in [1.807, 2.05) is 0 Å². The molecule has 62 valence electrons. The SMILES string of the molecule is CCCCO.OCC1CO1. The van der Waals surface area contributed by atoms with Crippen LogP contribution in [0, 0.1) is 0 Å². The highest BCUT2D eigenvalue weighted by Gasteiger charge is 2.19. The largest absolute Gasteiger partial charge is 0.396 e. The third kappa shape index (κ3) is 7.88. The average molecular weight is 148 g/mol. The van der Waals surface area contributed by atoms with Crippen LogP contribution in [-0.2, 0) is 4.74 Å². The number of aliphatic hydroxyl groups is 2. The topological polar surface area (TPSA) is 53.0 Å². The van der Waals surface area contributed by atoms with Gasteiger partial charge in [0.05, 0.1) is 13.2 Å². The maximum Gasteiger partial charge on any atom is 0.104 e. The van der Waals surface area contributed by atoms with E-state index in [4.69, 9.17) is 10.2 Å². The number of ether oxygens (including phenoxy) is 1. The van der Waals surface area contributed by atoms with E-state index in [0.717, 1.165) is 19.4 Å². The quantitative estimate of drug-likeness (QED) is 0.560. The van der Waals surface area contributed by atoms with E-state index >= 15 is 0 Å². The van der Waals surface area contributed by atoms with Crippen molar-refractivity contribution in [3.63, 3.8) is 0 Å². The van der Waals surface area contributed by atoms with Crippen molar-refractivity contribution in [2.75, 3.05) is 19.8 Å². The molecule has 0 radical (unpaired) electrons. The van der Waals surface area contributed by atoms with Gasteiger partial charge in [-0.15, -0.1) is 0 Å². The second-order valence-corrected chi connectivity index (χ2v) is 2.22. The van der Waals surface area contributed by atoms with Crippen molar-refractivity contribution in [1.29, 1.82) is 0 Å². The minimum absolute atomic E-state index is 0.190. The fraction of sp³-hybridized carbons (Fsp3) is 1.00. The Bertz CT molecular complexity index is 59.9. The van der Waals surface area contributed by atoms with Gasteiger partial charge in [0.25, 0.3) is 0 Å². The molecule has 0 aromatic heterocycles. The van der Waals surface area contributed by atoms with Gasteiger partial charge in [0.15, 0.2) is 0 Å². The number of aliphatic hydroxyl groups excluding tert-OH is 2. The van der Waals surface area contributed by atoms with Gasteiger partial charge in [0.2, 0.25) is 0 Å². The lowest BCUT2D eigenvalue weighted by Gasteiger charge is -1.79. The van der Waals surface area contributed by atoms with Crippen LogP contribution >= 0.6 is 0 Å².